The van der Waals surface area contributed by atoms with Crippen LogP contribution in [0.15, 0.2) is 12.5 Å². The number of hydrogen-bond acceptors (Lipinski definition) is 8. The van der Waals surface area contributed by atoms with Crippen LogP contribution in [-0.2, 0) is 25.5 Å². The van der Waals surface area contributed by atoms with Gasteiger partial charge in [0.05, 0.1) is 12.7 Å². The highest BCUT2D eigenvalue weighted by Gasteiger charge is 2.36. The Labute approximate surface area is 188 Å². The molecule has 1 amide bonds. The van der Waals surface area contributed by atoms with Gasteiger partial charge in [-0.1, -0.05) is 20.3 Å². The van der Waals surface area contributed by atoms with Gasteiger partial charge in [0.1, 0.15) is 12.1 Å². The Morgan fingerprint density at radius 2 is 2.23 bits per heavy atom. The van der Waals surface area contributed by atoms with Crippen LogP contribution in [0, 0.1) is 5.92 Å². The number of thioether (sulfide) groups is 1. The van der Waals surface area contributed by atoms with Gasteiger partial charge in [-0.25, -0.2) is 14.6 Å². The number of carbonyl (C=O) groups excluding carboxylic acids is 3. The summed E-state index contributed by atoms with van der Waals surface area (Å²) in [7, 11) is 0. The quantitative estimate of drug-likeness (QED) is 0.317. The molecule has 31 heavy (non-hydrogen) atoms. The molecule has 1 saturated heterocycles. The van der Waals surface area contributed by atoms with Gasteiger partial charge in [-0.2, -0.15) is 11.8 Å². The summed E-state index contributed by atoms with van der Waals surface area (Å²) >= 11 is 1.59. The summed E-state index contributed by atoms with van der Waals surface area (Å²) < 4.78 is 5.09. The van der Waals surface area contributed by atoms with Crippen LogP contribution in [0.3, 0.4) is 0 Å². The maximum absolute atomic E-state index is 12.7. The number of likely N-dealkylation sites (tertiary alicyclic amines) is 1. The zero-order valence-electron chi connectivity index (χ0n) is 18.6. The van der Waals surface area contributed by atoms with Crippen molar-refractivity contribution >= 4 is 29.6 Å². The lowest BCUT2D eigenvalue weighted by molar-refractivity contribution is -0.163. The standard InChI is InChI=1S/C21H35N5O4S/c1-4-14(2)17(25-19(27)10-15-11-23-13-24-15)12-26-8-5-6-18(26)21(29)30-20(28)16(22)7-9-31-3/h11,13-14,16-18H,4-10,12,22H2,1-3H3,(H,23,24)(H,25,27)/t14?,16-,17?,18+/m0/s1. The number of aromatic nitrogens is 2. The van der Waals surface area contributed by atoms with Crippen LogP contribution in [0.5, 0.6) is 0 Å². The molecule has 1 fully saturated rings. The molecule has 0 aliphatic carbocycles. The maximum atomic E-state index is 12.7. The summed E-state index contributed by atoms with van der Waals surface area (Å²) in [5.74, 6) is -0.354. The fraction of sp³-hybridized carbons (Fsp3) is 0.714. The number of nitrogens with zero attached hydrogens (tertiary/aromatic N) is 2. The van der Waals surface area contributed by atoms with E-state index in [2.05, 4.69) is 29.1 Å². The first-order chi connectivity index (χ1) is 14.8. The highest BCUT2D eigenvalue weighted by molar-refractivity contribution is 7.98. The second-order valence-electron chi connectivity index (χ2n) is 8.09. The van der Waals surface area contributed by atoms with E-state index < -0.39 is 24.0 Å². The number of carbonyl (C=O) groups is 3. The third-order valence-electron chi connectivity index (χ3n) is 5.79. The summed E-state index contributed by atoms with van der Waals surface area (Å²) in [4.78, 5) is 46.2. The molecule has 1 aliphatic rings. The Bertz CT molecular complexity index is 715. The van der Waals surface area contributed by atoms with Gasteiger partial charge in [0.2, 0.25) is 5.91 Å². The summed E-state index contributed by atoms with van der Waals surface area (Å²) in [6, 6.07) is -1.40. The van der Waals surface area contributed by atoms with E-state index in [9.17, 15) is 14.4 Å². The molecule has 1 aromatic rings. The van der Waals surface area contributed by atoms with Gasteiger partial charge < -0.3 is 20.8 Å². The van der Waals surface area contributed by atoms with Gasteiger partial charge >= 0.3 is 11.9 Å². The van der Waals surface area contributed by atoms with Crippen LogP contribution < -0.4 is 11.1 Å². The second-order valence-corrected chi connectivity index (χ2v) is 9.08. The second kappa shape index (κ2) is 12.8. The van der Waals surface area contributed by atoms with E-state index in [0.717, 1.165) is 30.8 Å². The predicted octanol–water partition coefficient (Wildman–Crippen LogP) is 1.10. The Morgan fingerprint density at radius 3 is 2.87 bits per heavy atom. The van der Waals surface area contributed by atoms with Gasteiger partial charge in [-0.3, -0.25) is 9.69 Å². The summed E-state index contributed by atoms with van der Waals surface area (Å²) in [5.41, 5.74) is 6.57. The average Bonchev–Trinajstić information content (AvgIpc) is 3.42. The highest BCUT2D eigenvalue weighted by atomic mass is 32.2. The summed E-state index contributed by atoms with van der Waals surface area (Å²) in [6.07, 6.45) is 8.15. The number of nitrogens with one attached hydrogen (secondary N) is 2. The van der Waals surface area contributed by atoms with Crippen LogP contribution in [-0.4, -0.2) is 75.9 Å². The smallest absolute Gasteiger partial charge is 0.331 e. The number of ether oxygens (including phenoxy) is 1. The first kappa shape index (κ1) is 25.4. The normalized spacial score (nSPS) is 19.5. The van der Waals surface area contributed by atoms with Crippen molar-refractivity contribution in [2.75, 3.05) is 25.1 Å². The monoisotopic (exact) mass is 453 g/mol. The van der Waals surface area contributed by atoms with Crippen LogP contribution in [0.2, 0.25) is 0 Å². The Hall–Kier alpha value is -1.91. The molecular formula is C21H35N5O4S. The predicted molar refractivity (Wildman–Crippen MR) is 120 cm³/mol. The van der Waals surface area contributed by atoms with E-state index in [1.54, 1.807) is 24.3 Å². The van der Waals surface area contributed by atoms with Crippen molar-refractivity contribution in [1.82, 2.24) is 20.2 Å². The molecule has 174 valence electrons. The van der Waals surface area contributed by atoms with Gasteiger partial charge in [-0.05, 0) is 43.7 Å². The summed E-state index contributed by atoms with van der Waals surface area (Å²) in [6.45, 7) is 5.40. The lowest BCUT2D eigenvalue weighted by atomic mass is 9.98. The van der Waals surface area contributed by atoms with Crippen molar-refractivity contribution in [3.05, 3.63) is 18.2 Å². The molecule has 1 aromatic heterocycles. The molecule has 2 unspecified atom stereocenters. The molecule has 10 heteroatoms. The van der Waals surface area contributed by atoms with E-state index in [1.165, 1.54) is 0 Å². The molecule has 4 atom stereocenters. The number of nitrogens with two attached hydrogens (primary N) is 1. The Kier molecular flexibility index (Phi) is 10.5. The van der Waals surface area contributed by atoms with Crippen LogP contribution >= 0.6 is 11.8 Å². The molecule has 0 radical (unpaired) electrons. The molecule has 0 spiro atoms. The van der Waals surface area contributed by atoms with Crippen molar-refractivity contribution < 1.29 is 19.1 Å². The van der Waals surface area contributed by atoms with Gasteiger partial charge in [0.25, 0.3) is 0 Å². The number of aromatic amines is 1. The third-order valence-corrected chi connectivity index (χ3v) is 6.43. The van der Waals surface area contributed by atoms with E-state index >= 15 is 0 Å². The molecule has 2 heterocycles. The summed E-state index contributed by atoms with van der Waals surface area (Å²) in [5, 5.41) is 3.10. The fourth-order valence-electron chi connectivity index (χ4n) is 3.63. The first-order valence-electron chi connectivity index (χ1n) is 10.9. The largest absolute Gasteiger partial charge is 0.391 e. The van der Waals surface area contributed by atoms with Crippen LogP contribution in [0.25, 0.3) is 0 Å². The molecular weight excluding hydrogens is 418 g/mol. The lowest BCUT2D eigenvalue weighted by Gasteiger charge is -2.31. The van der Waals surface area contributed by atoms with Crippen molar-refractivity contribution in [3.63, 3.8) is 0 Å². The van der Waals surface area contributed by atoms with E-state index in [-0.39, 0.29) is 24.3 Å². The van der Waals surface area contributed by atoms with Crippen LogP contribution in [0.1, 0.15) is 45.2 Å². The lowest BCUT2D eigenvalue weighted by Crippen LogP contribution is -2.51. The minimum absolute atomic E-state index is 0.0946. The number of rotatable bonds is 12. The maximum Gasteiger partial charge on any atom is 0.331 e. The zero-order chi connectivity index (χ0) is 22.8. The fourth-order valence-corrected chi connectivity index (χ4v) is 4.12. The molecule has 2 rings (SSSR count). The van der Waals surface area contributed by atoms with E-state index in [0.29, 0.717) is 19.4 Å². The topological polar surface area (TPSA) is 130 Å². The van der Waals surface area contributed by atoms with Gasteiger partial charge in [0, 0.05) is 24.5 Å². The molecule has 1 aliphatic heterocycles. The highest BCUT2D eigenvalue weighted by Crippen LogP contribution is 2.21. The zero-order valence-corrected chi connectivity index (χ0v) is 19.5. The number of H-pyrrole nitrogens is 1. The van der Waals surface area contributed by atoms with Crippen LogP contribution in [0.4, 0.5) is 0 Å². The Balaban J connectivity index is 1.95. The minimum Gasteiger partial charge on any atom is -0.391 e. The van der Waals surface area contributed by atoms with Gasteiger partial charge in [0.15, 0.2) is 0 Å². The first-order valence-corrected chi connectivity index (χ1v) is 12.3. The van der Waals surface area contributed by atoms with E-state index in [4.69, 9.17) is 10.5 Å². The number of amides is 1. The molecule has 4 N–H and O–H groups in total. The van der Waals surface area contributed by atoms with Crippen molar-refractivity contribution in [2.45, 2.75) is 64.1 Å². The van der Waals surface area contributed by atoms with E-state index in [1.807, 2.05) is 11.2 Å². The third kappa shape index (κ3) is 7.93. The molecule has 0 bridgehead atoms. The number of imidazole rings is 1. The van der Waals surface area contributed by atoms with Crippen molar-refractivity contribution in [3.8, 4) is 0 Å². The van der Waals surface area contributed by atoms with Gasteiger partial charge in [-0.15, -0.1) is 0 Å². The Morgan fingerprint density at radius 1 is 1.45 bits per heavy atom. The number of esters is 2. The minimum atomic E-state index is -0.791. The molecule has 9 nitrogen and oxygen atoms in total. The number of hydrogen-bond donors (Lipinski definition) is 3. The molecule has 0 aromatic carbocycles. The molecule has 0 saturated carbocycles. The van der Waals surface area contributed by atoms with Crippen molar-refractivity contribution in [2.24, 2.45) is 11.7 Å². The van der Waals surface area contributed by atoms with Crippen molar-refractivity contribution in [1.29, 1.82) is 0 Å². The average molecular weight is 454 g/mol. The SMILES string of the molecule is CCC(C)C(CN1CCC[C@@H]1C(=O)OC(=O)[C@@H](N)CCSC)NC(=O)Cc1cnc[nH]1.